The molecule has 3 rings (SSSR count). The maximum atomic E-state index is 4.78. The zero-order valence-electron chi connectivity index (χ0n) is 14.1. The Balaban J connectivity index is 2.13. The van der Waals surface area contributed by atoms with Gasteiger partial charge < -0.3 is 9.80 Å². The summed E-state index contributed by atoms with van der Waals surface area (Å²) in [6.07, 6.45) is 4.55. The highest BCUT2D eigenvalue weighted by atomic mass is 79.9. The molecule has 3 heterocycles. The number of hydrogen-bond acceptors (Lipinski definition) is 4. The van der Waals surface area contributed by atoms with Crippen molar-refractivity contribution in [3.63, 3.8) is 0 Å². The van der Waals surface area contributed by atoms with Crippen LogP contribution < -0.4 is 9.80 Å². The fourth-order valence-corrected chi connectivity index (χ4v) is 3.57. The standard InChI is InChI=1S/C18H22Br2N4/c1-3-5-11-23-13-7-9-15(19)21-17(13)24(12-6-4-2)18-14(23)8-10-16(20)22-18/h7-10H,3-6,11-12H2,1-2H3. The lowest BCUT2D eigenvalue weighted by atomic mass is 10.1. The highest BCUT2D eigenvalue weighted by molar-refractivity contribution is 9.10. The maximum absolute atomic E-state index is 4.78. The molecule has 0 amide bonds. The van der Waals surface area contributed by atoms with Gasteiger partial charge in [-0.05, 0) is 69.0 Å². The van der Waals surface area contributed by atoms with E-state index in [4.69, 9.17) is 9.97 Å². The number of pyridine rings is 2. The van der Waals surface area contributed by atoms with Crippen LogP contribution in [0.1, 0.15) is 39.5 Å². The summed E-state index contributed by atoms with van der Waals surface area (Å²) < 4.78 is 1.72. The molecule has 0 saturated heterocycles. The third-order valence-corrected chi connectivity index (χ3v) is 5.09. The van der Waals surface area contributed by atoms with Crippen molar-refractivity contribution in [1.82, 2.24) is 9.97 Å². The van der Waals surface area contributed by atoms with Crippen LogP contribution in [0.5, 0.6) is 0 Å². The van der Waals surface area contributed by atoms with Crippen LogP contribution >= 0.6 is 31.9 Å². The molecule has 6 heteroatoms. The largest absolute Gasteiger partial charge is 0.335 e. The van der Waals surface area contributed by atoms with E-state index in [0.717, 1.165) is 59.6 Å². The molecule has 0 radical (unpaired) electrons. The zero-order chi connectivity index (χ0) is 17.1. The molecular formula is C18H22Br2N4. The van der Waals surface area contributed by atoms with Gasteiger partial charge in [0.2, 0.25) is 0 Å². The van der Waals surface area contributed by atoms with Gasteiger partial charge in [0.1, 0.15) is 9.21 Å². The van der Waals surface area contributed by atoms with Gasteiger partial charge in [0.15, 0.2) is 11.6 Å². The topological polar surface area (TPSA) is 32.3 Å². The minimum absolute atomic E-state index is 0.858. The Bertz CT molecular complexity index is 667. The second-order valence-corrected chi connectivity index (χ2v) is 7.59. The van der Waals surface area contributed by atoms with Crippen molar-refractivity contribution in [2.45, 2.75) is 39.5 Å². The molecule has 0 N–H and O–H groups in total. The van der Waals surface area contributed by atoms with E-state index in [-0.39, 0.29) is 0 Å². The number of nitrogens with zero attached hydrogens (tertiary/aromatic N) is 4. The third-order valence-electron chi connectivity index (χ3n) is 4.20. The van der Waals surface area contributed by atoms with Crippen molar-refractivity contribution in [3.05, 3.63) is 33.5 Å². The summed E-state index contributed by atoms with van der Waals surface area (Å²) in [4.78, 5) is 14.2. The Morgan fingerprint density at radius 1 is 0.750 bits per heavy atom. The van der Waals surface area contributed by atoms with E-state index in [1.54, 1.807) is 0 Å². The lowest BCUT2D eigenvalue weighted by molar-refractivity contribution is 0.746. The minimum atomic E-state index is 0.858. The molecule has 128 valence electrons. The lowest BCUT2D eigenvalue weighted by Gasteiger charge is -2.38. The van der Waals surface area contributed by atoms with Gasteiger partial charge in [-0.25, -0.2) is 9.97 Å². The van der Waals surface area contributed by atoms with Crippen molar-refractivity contribution in [1.29, 1.82) is 0 Å². The normalized spacial score (nSPS) is 13.0. The molecule has 2 aromatic rings. The Morgan fingerprint density at radius 3 is 1.67 bits per heavy atom. The third kappa shape index (κ3) is 3.45. The molecule has 1 aliphatic heterocycles. The van der Waals surface area contributed by atoms with Crippen LogP contribution in [0.2, 0.25) is 0 Å². The van der Waals surface area contributed by atoms with Crippen molar-refractivity contribution >= 4 is 54.9 Å². The average molecular weight is 454 g/mol. The van der Waals surface area contributed by atoms with E-state index in [1.807, 2.05) is 12.1 Å². The smallest absolute Gasteiger partial charge is 0.159 e. The molecule has 0 bridgehead atoms. The number of unbranched alkanes of at least 4 members (excludes halogenated alkanes) is 2. The number of fused-ring (bicyclic) bond motifs is 2. The first-order valence-electron chi connectivity index (χ1n) is 8.53. The van der Waals surface area contributed by atoms with Crippen molar-refractivity contribution in [2.24, 2.45) is 0 Å². The van der Waals surface area contributed by atoms with Crippen LogP contribution in [0.25, 0.3) is 0 Å². The number of rotatable bonds is 6. The summed E-state index contributed by atoms with van der Waals surface area (Å²) in [7, 11) is 0. The van der Waals surface area contributed by atoms with Crippen LogP contribution in [0.3, 0.4) is 0 Å². The molecule has 0 atom stereocenters. The lowest BCUT2D eigenvalue weighted by Crippen LogP contribution is -2.32. The van der Waals surface area contributed by atoms with Crippen molar-refractivity contribution < 1.29 is 0 Å². The van der Waals surface area contributed by atoms with Gasteiger partial charge in [-0.15, -0.1) is 0 Å². The fraction of sp³-hybridized carbons (Fsp3) is 0.444. The maximum Gasteiger partial charge on any atom is 0.159 e. The van der Waals surface area contributed by atoms with Crippen LogP contribution in [-0.2, 0) is 0 Å². The molecule has 4 nitrogen and oxygen atoms in total. The van der Waals surface area contributed by atoms with Crippen LogP contribution in [0, 0.1) is 0 Å². The van der Waals surface area contributed by atoms with E-state index < -0.39 is 0 Å². The zero-order valence-corrected chi connectivity index (χ0v) is 17.3. The molecule has 0 spiro atoms. The number of aromatic nitrogens is 2. The molecule has 0 aromatic carbocycles. The van der Waals surface area contributed by atoms with E-state index in [2.05, 4.69) is 67.6 Å². The predicted octanol–water partition coefficient (Wildman–Crippen LogP) is 6.19. The van der Waals surface area contributed by atoms with Crippen molar-refractivity contribution in [2.75, 3.05) is 22.9 Å². The summed E-state index contributed by atoms with van der Waals surface area (Å²) in [5.41, 5.74) is 2.33. The van der Waals surface area contributed by atoms with Crippen LogP contribution in [0.15, 0.2) is 33.5 Å². The summed E-state index contributed by atoms with van der Waals surface area (Å²) in [6.45, 7) is 6.33. The van der Waals surface area contributed by atoms with Crippen LogP contribution in [-0.4, -0.2) is 23.1 Å². The highest BCUT2D eigenvalue weighted by Gasteiger charge is 2.30. The number of anilines is 4. The highest BCUT2D eigenvalue weighted by Crippen LogP contribution is 2.46. The summed E-state index contributed by atoms with van der Waals surface area (Å²) in [5, 5.41) is 0. The number of halogens is 2. The van der Waals surface area contributed by atoms with E-state index in [1.165, 1.54) is 11.4 Å². The van der Waals surface area contributed by atoms with E-state index in [0.29, 0.717) is 0 Å². The average Bonchev–Trinajstić information content (AvgIpc) is 2.58. The quantitative estimate of drug-likeness (QED) is 0.488. The molecule has 0 saturated carbocycles. The Morgan fingerprint density at radius 2 is 1.21 bits per heavy atom. The monoisotopic (exact) mass is 452 g/mol. The van der Waals surface area contributed by atoms with Gasteiger partial charge in [0.05, 0.1) is 11.4 Å². The molecule has 0 unspecified atom stereocenters. The van der Waals surface area contributed by atoms with Gasteiger partial charge in [0.25, 0.3) is 0 Å². The van der Waals surface area contributed by atoms with Gasteiger partial charge in [-0.3, -0.25) is 0 Å². The molecule has 2 aromatic heterocycles. The summed E-state index contributed by atoms with van der Waals surface area (Å²) >= 11 is 7.05. The molecule has 0 fully saturated rings. The first kappa shape index (κ1) is 17.7. The molecule has 1 aliphatic rings. The second kappa shape index (κ2) is 7.83. The van der Waals surface area contributed by atoms with E-state index in [9.17, 15) is 0 Å². The summed E-state index contributed by atoms with van der Waals surface area (Å²) in [6, 6.07) is 8.36. The molecular weight excluding hydrogens is 432 g/mol. The van der Waals surface area contributed by atoms with Gasteiger partial charge in [0, 0.05) is 13.1 Å². The Kier molecular flexibility index (Phi) is 5.76. The van der Waals surface area contributed by atoms with Crippen molar-refractivity contribution in [3.8, 4) is 0 Å². The van der Waals surface area contributed by atoms with Crippen LogP contribution in [0.4, 0.5) is 23.0 Å². The van der Waals surface area contributed by atoms with Gasteiger partial charge in [-0.1, -0.05) is 26.7 Å². The first-order chi connectivity index (χ1) is 11.7. The van der Waals surface area contributed by atoms with E-state index >= 15 is 0 Å². The fourth-order valence-electron chi connectivity index (χ4n) is 2.97. The summed E-state index contributed by atoms with van der Waals surface area (Å²) in [5.74, 6) is 1.99. The Hall–Kier alpha value is -1.14. The molecule has 0 aliphatic carbocycles. The SMILES string of the molecule is CCCCN1c2ccc(Br)nc2N(CCCC)c2nc(Br)ccc21. The number of hydrogen-bond donors (Lipinski definition) is 0. The Labute approximate surface area is 160 Å². The van der Waals surface area contributed by atoms with Gasteiger partial charge in [-0.2, -0.15) is 0 Å². The minimum Gasteiger partial charge on any atom is -0.335 e. The first-order valence-corrected chi connectivity index (χ1v) is 10.1. The predicted molar refractivity (Wildman–Crippen MR) is 108 cm³/mol. The molecule has 24 heavy (non-hydrogen) atoms. The van der Waals surface area contributed by atoms with Gasteiger partial charge >= 0.3 is 0 Å². The second-order valence-electron chi connectivity index (χ2n) is 5.96.